The Labute approximate surface area is 105 Å². The first-order valence-electron chi connectivity index (χ1n) is 6.28. The van der Waals surface area contributed by atoms with Gasteiger partial charge in [0.2, 0.25) is 0 Å². The van der Waals surface area contributed by atoms with E-state index in [9.17, 15) is 18.0 Å². The van der Waals surface area contributed by atoms with Gasteiger partial charge in [-0.1, -0.05) is 13.8 Å². The summed E-state index contributed by atoms with van der Waals surface area (Å²) in [6, 6.07) is -0.0549. The van der Waals surface area contributed by atoms with Crippen LogP contribution in [0.15, 0.2) is 0 Å². The molecule has 1 aliphatic rings. The number of carbonyl (C=O) groups is 1. The first kappa shape index (κ1) is 15.1. The predicted octanol–water partition coefficient (Wildman–Crippen LogP) is 3.49. The van der Waals surface area contributed by atoms with Crippen LogP contribution in [0.3, 0.4) is 0 Å². The summed E-state index contributed by atoms with van der Waals surface area (Å²) in [6.45, 7) is 2.80. The van der Waals surface area contributed by atoms with Crippen LogP contribution in [0.1, 0.15) is 39.5 Å². The van der Waals surface area contributed by atoms with E-state index in [2.05, 4.69) is 23.9 Å². The fraction of sp³-hybridized carbons (Fsp3) is 0.917. The third-order valence-corrected chi connectivity index (χ3v) is 3.40. The van der Waals surface area contributed by atoms with Crippen LogP contribution in [-0.4, -0.2) is 24.9 Å². The van der Waals surface area contributed by atoms with E-state index in [4.69, 9.17) is 0 Å². The zero-order valence-electron chi connectivity index (χ0n) is 10.7. The molecule has 0 unspecified atom stereocenters. The number of halogens is 3. The molecule has 0 heterocycles. The minimum absolute atomic E-state index is 0.0549. The highest BCUT2D eigenvalue weighted by atomic mass is 19.4. The molecule has 0 spiro atoms. The lowest BCUT2D eigenvalue weighted by Crippen LogP contribution is -2.39. The van der Waals surface area contributed by atoms with Gasteiger partial charge in [-0.2, -0.15) is 13.2 Å². The van der Waals surface area contributed by atoms with Gasteiger partial charge in [0.05, 0.1) is 0 Å². The first-order chi connectivity index (χ1) is 8.28. The highest BCUT2D eigenvalue weighted by Crippen LogP contribution is 2.29. The number of alkyl halides is 3. The molecule has 1 fully saturated rings. The molecule has 0 aromatic carbocycles. The zero-order chi connectivity index (χ0) is 13.8. The predicted molar refractivity (Wildman–Crippen MR) is 61.1 cm³/mol. The number of carbonyl (C=O) groups excluding carboxylic acids is 1. The van der Waals surface area contributed by atoms with Crippen molar-refractivity contribution in [2.45, 2.75) is 51.7 Å². The summed E-state index contributed by atoms with van der Waals surface area (Å²) >= 11 is 0. The van der Waals surface area contributed by atoms with Crippen LogP contribution in [0, 0.1) is 11.8 Å². The van der Waals surface area contributed by atoms with Crippen molar-refractivity contribution >= 4 is 6.09 Å². The minimum Gasteiger partial charge on any atom is -0.440 e. The summed E-state index contributed by atoms with van der Waals surface area (Å²) in [5, 5.41) is 2.49. The highest BCUT2D eigenvalue weighted by molar-refractivity contribution is 5.67. The van der Waals surface area contributed by atoms with Gasteiger partial charge in [-0.05, 0) is 37.5 Å². The van der Waals surface area contributed by atoms with Gasteiger partial charge >= 0.3 is 12.3 Å². The summed E-state index contributed by atoms with van der Waals surface area (Å²) in [6.07, 6.45) is -1.81. The monoisotopic (exact) mass is 267 g/mol. The van der Waals surface area contributed by atoms with E-state index in [0.717, 1.165) is 25.7 Å². The topological polar surface area (TPSA) is 38.3 Å². The van der Waals surface area contributed by atoms with Gasteiger partial charge in [-0.3, -0.25) is 0 Å². The van der Waals surface area contributed by atoms with E-state index >= 15 is 0 Å². The maximum Gasteiger partial charge on any atom is 0.422 e. The van der Waals surface area contributed by atoms with Crippen molar-refractivity contribution in [3.05, 3.63) is 0 Å². The van der Waals surface area contributed by atoms with Crippen molar-refractivity contribution < 1.29 is 22.7 Å². The van der Waals surface area contributed by atoms with Crippen molar-refractivity contribution in [3.63, 3.8) is 0 Å². The van der Waals surface area contributed by atoms with Crippen LogP contribution in [-0.2, 0) is 4.74 Å². The van der Waals surface area contributed by atoms with E-state index < -0.39 is 18.9 Å². The van der Waals surface area contributed by atoms with Crippen molar-refractivity contribution in [3.8, 4) is 0 Å². The van der Waals surface area contributed by atoms with Crippen LogP contribution in [0.4, 0.5) is 18.0 Å². The number of nitrogens with one attached hydrogen (secondary N) is 1. The number of ether oxygens (including phenoxy) is 1. The summed E-state index contributed by atoms with van der Waals surface area (Å²) < 4.78 is 39.6. The maximum atomic E-state index is 11.8. The fourth-order valence-electron chi connectivity index (χ4n) is 2.29. The van der Waals surface area contributed by atoms with Crippen molar-refractivity contribution in [2.75, 3.05) is 6.61 Å². The lowest BCUT2D eigenvalue weighted by molar-refractivity contribution is -0.160. The summed E-state index contributed by atoms with van der Waals surface area (Å²) in [5.74, 6) is 1.26. The van der Waals surface area contributed by atoms with Crippen LogP contribution in [0.2, 0.25) is 0 Å². The van der Waals surface area contributed by atoms with E-state index in [0.29, 0.717) is 11.8 Å². The minimum atomic E-state index is -4.47. The van der Waals surface area contributed by atoms with E-state index in [-0.39, 0.29) is 6.04 Å². The molecule has 0 saturated heterocycles. The van der Waals surface area contributed by atoms with E-state index in [1.807, 2.05) is 0 Å². The molecule has 1 N–H and O–H groups in total. The molecule has 0 bridgehead atoms. The zero-order valence-corrected chi connectivity index (χ0v) is 10.7. The van der Waals surface area contributed by atoms with Crippen molar-refractivity contribution in [2.24, 2.45) is 11.8 Å². The lowest BCUT2D eigenvalue weighted by Gasteiger charge is -2.31. The third-order valence-electron chi connectivity index (χ3n) is 3.40. The molecule has 6 heteroatoms. The van der Waals surface area contributed by atoms with Crippen LogP contribution in [0.25, 0.3) is 0 Å². The Hall–Kier alpha value is -0.940. The average Bonchev–Trinajstić information content (AvgIpc) is 2.26. The maximum absolute atomic E-state index is 11.8. The summed E-state index contributed by atoms with van der Waals surface area (Å²) in [7, 11) is 0. The molecular formula is C12H20F3NO2. The van der Waals surface area contributed by atoms with Crippen LogP contribution in [0.5, 0.6) is 0 Å². The molecule has 1 saturated carbocycles. The Balaban J connectivity index is 2.22. The molecule has 0 radical (unpaired) electrons. The van der Waals surface area contributed by atoms with Gasteiger partial charge in [-0.25, -0.2) is 4.79 Å². The number of hydrogen-bond donors (Lipinski definition) is 1. The van der Waals surface area contributed by atoms with E-state index in [1.54, 1.807) is 0 Å². The second-order valence-electron chi connectivity index (χ2n) is 5.19. The Morgan fingerprint density at radius 3 is 2.28 bits per heavy atom. The highest BCUT2D eigenvalue weighted by Gasteiger charge is 2.30. The fourth-order valence-corrected chi connectivity index (χ4v) is 2.29. The Morgan fingerprint density at radius 2 is 1.83 bits per heavy atom. The van der Waals surface area contributed by atoms with Crippen molar-refractivity contribution in [1.29, 1.82) is 0 Å². The second-order valence-corrected chi connectivity index (χ2v) is 5.19. The van der Waals surface area contributed by atoms with Gasteiger partial charge in [-0.15, -0.1) is 0 Å². The standard InChI is InChI=1S/C12H20F3NO2/c1-8(2)9-3-5-10(6-4-9)16-11(17)18-7-12(13,14)15/h8-10H,3-7H2,1-2H3,(H,16,17). The Bertz CT molecular complexity index is 271. The molecule has 0 aliphatic heterocycles. The molecule has 0 aromatic heterocycles. The number of hydrogen-bond acceptors (Lipinski definition) is 2. The number of rotatable bonds is 3. The molecule has 1 rings (SSSR count). The quantitative estimate of drug-likeness (QED) is 0.850. The number of amides is 1. The Morgan fingerprint density at radius 1 is 1.28 bits per heavy atom. The largest absolute Gasteiger partial charge is 0.440 e. The molecular weight excluding hydrogens is 247 g/mol. The first-order valence-corrected chi connectivity index (χ1v) is 6.28. The molecule has 3 nitrogen and oxygen atoms in total. The Kier molecular flexibility index (Phi) is 5.28. The van der Waals surface area contributed by atoms with Gasteiger partial charge in [0.15, 0.2) is 6.61 Å². The smallest absolute Gasteiger partial charge is 0.422 e. The average molecular weight is 267 g/mol. The van der Waals surface area contributed by atoms with Gasteiger partial charge in [0.25, 0.3) is 0 Å². The summed E-state index contributed by atoms with van der Waals surface area (Å²) in [5.41, 5.74) is 0. The molecule has 18 heavy (non-hydrogen) atoms. The van der Waals surface area contributed by atoms with Crippen LogP contribution < -0.4 is 5.32 Å². The van der Waals surface area contributed by atoms with Gasteiger partial charge < -0.3 is 10.1 Å². The second kappa shape index (κ2) is 6.29. The molecule has 106 valence electrons. The summed E-state index contributed by atoms with van der Waals surface area (Å²) in [4.78, 5) is 11.1. The van der Waals surface area contributed by atoms with Gasteiger partial charge in [0, 0.05) is 6.04 Å². The SMILES string of the molecule is CC(C)C1CCC(NC(=O)OCC(F)(F)F)CC1. The third kappa shape index (κ3) is 5.60. The molecule has 0 atom stereocenters. The molecule has 0 aromatic rings. The normalized spacial score (nSPS) is 25.0. The van der Waals surface area contributed by atoms with Crippen molar-refractivity contribution in [1.82, 2.24) is 5.32 Å². The molecule has 1 aliphatic carbocycles. The number of alkyl carbamates (subject to hydrolysis) is 1. The van der Waals surface area contributed by atoms with Gasteiger partial charge in [0.1, 0.15) is 0 Å². The van der Waals surface area contributed by atoms with Crippen LogP contribution >= 0.6 is 0 Å². The lowest BCUT2D eigenvalue weighted by atomic mass is 9.80. The molecule has 1 amide bonds. The van der Waals surface area contributed by atoms with E-state index in [1.165, 1.54) is 0 Å².